The van der Waals surface area contributed by atoms with Gasteiger partial charge in [-0.3, -0.25) is 0 Å². The Morgan fingerprint density at radius 1 is 1.30 bits per heavy atom. The molecule has 1 aromatic carbocycles. The molecule has 0 saturated carbocycles. The molecular formula is C16H22ClN3. The second-order valence-corrected chi connectivity index (χ2v) is 5.45. The minimum atomic E-state index is 0.0136. The van der Waals surface area contributed by atoms with Crippen LogP contribution in [0, 0.1) is 0 Å². The third kappa shape index (κ3) is 3.05. The first kappa shape index (κ1) is 15.1. The van der Waals surface area contributed by atoms with Crippen molar-refractivity contribution < 1.29 is 0 Å². The van der Waals surface area contributed by atoms with E-state index in [2.05, 4.69) is 29.5 Å². The van der Waals surface area contributed by atoms with Gasteiger partial charge in [0.2, 0.25) is 0 Å². The van der Waals surface area contributed by atoms with Crippen LogP contribution in [0.4, 0.5) is 0 Å². The molecule has 2 unspecified atom stereocenters. The van der Waals surface area contributed by atoms with Crippen molar-refractivity contribution in [1.82, 2.24) is 9.55 Å². The molecule has 1 heterocycles. The summed E-state index contributed by atoms with van der Waals surface area (Å²) in [6, 6.07) is 7.98. The minimum absolute atomic E-state index is 0.0136. The van der Waals surface area contributed by atoms with Gasteiger partial charge < -0.3 is 10.3 Å². The molecule has 20 heavy (non-hydrogen) atoms. The Labute approximate surface area is 125 Å². The van der Waals surface area contributed by atoms with E-state index < -0.39 is 0 Å². The molecule has 2 rings (SSSR count). The molecule has 2 aromatic rings. The summed E-state index contributed by atoms with van der Waals surface area (Å²) in [4.78, 5) is 4.46. The molecule has 2 atom stereocenters. The monoisotopic (exact) mass is 291 g/mol. The van der Waals surface area contributed by atoms with Gasteiger partial charge >= 0.3 is 0 Å². The zero-order valence-electron chi connectivity index (χ0n) is 12.1. The van der Waals surface area contributed by atoms with E-state index in [9.17, 15) is 0 Å². The van der Waals surface area contributed by atoms with Gasteiger partial charge in [0, 0.05) is 29.9 Å². The van der Waals surface area contributed by atoms with E-state index >= 15 is 0 Å². The summed E-state index contributed by atoms with van der Waals surface area (Å²) in [7, 11) is 0. The van der Waals surface area contributed by atoms with E-state index in [4.69, 9.17) is 17.3 Å². The van der Waals surface area contributed by atoms with Crippen LogP contribution in [-0.2, 0) is 6.42 Å². The van der Waals surface area contributed by atoms with Crippen LogP contribution in [0.25, 0.3) is 0 Å². The molecule has 2 N–H and O–H groups in total. The van der Waals surface area contributed by atoms with E-state index in [1.165, 1.54) is 0 Å². The van der Waals surface area contributed by atoms with Crippen LogP contribution in [-0.4, -0.2) is 15.6 Å². The Morgan fingerprint density at radius 2 is 2.05 bits per heavy atom. The number of hydrogen-bond acceptors (Lipinski definition) is 2. The Balaban J connectivity index is 2.48. The van der Waals surface area contributed by atoms with Gasteiger partial charge in [0.15, 0.2) is 0 Å². The molecule has 0 aliphatic carbocycles. The Hall–Kier alpha value is -1.32. The van der Waals surface area contributed by atoms with Crippen molar-refractivity contribution in [2.75, 3.05) is 0 Å². The summed E-state index contributed by atoms with van der Waals surface area (Å²) in [6.45, 7) is 4.26. The highest BCUT2D eigenvalue weighted by Crippen LogP contribution is 2.30. The van der Waals surface area contributed by atoms with Crippen LogP contribution >= 0.6 is 11.6 Å². The van der Waals surface area contributed by atoms with Crippen molar-refractivity contribution >= 4 is 11.6 Å². The van der Waals surface area contributed by atoms with E-state index in [0.717, 1.165) is 35.7 Å². The summed E-state index contributed by atoms with van der Waals surface area (Å²) in [5.74, 6) is 1.07. The number of hydrogen-bond donors (Lipinski definition) is 1. The molecule has 0 fully saturated rings. The fraction of sp³-hybridized carbons (Fsp3) is 0.438. The predicted octanol–water partition coefficient (Wildman–Crippen LogP) is 3.82. The lowest BCUT2D eigenvalue weighted by Gasteiger charge is -2.27. The predicted molar refractivity (Wildman–Crippen MR) is 84.1 cm³/mol. The SMILES string of the molecule is CCCc1nccn1C(c1ccccc1Cl)C(N)CC. The lowest BCUT2D eigenvalue weighted by Crippen LogP contribution is -2.33. The summed E-state index contributed by atoms with van der Waals surface area (Å²) in [6.07, 6.45) is 6.75. The van der Waals surface area contributed by atoms with Crippen LogP contribution < -0.4 is 5.73 Å². The highest BCUT2D eigenvalue weighted by atomic mass is 35.5. The second-order valence-electron chi connectivity index (χ2n) is 5.04. The molecule has 0 saturated heterocycles. The maximum Gasteiger partial charge on any atom is 0.109 e. The average molecular weight is 292 g/mol. The van der Waals surface area contributed by atoms with E-state index in [1.54, 1.807) is 0 Å². The van der Waals surface area contributed by atoms with Crippen molar-refractivity contribution in [3.05, 3.63) is 53.1 Å². The topological polar surface area (TPSA) is 43.8 Å². The number of nitrogens with zero attached hydrogens (tertiary/aromatic N) is 2. The van der Waals surface area contributed by atoms with Gasteiger partial charge in [0.1, 0.15) is 5.82 Å². The number of benzene rings is 1. The number of aromatic nitrogens is 2. The average Bonchev–Trinajstić information content (AvgIpc) is 2.89. The van der Waals surface area contributed by atoms with Crippen molar-refractivity contribution in [1.29, 1.82) is 0 Å². The number of nitrogens with two attached hydrogens (primary N) is 1. The molecule has 4 heteroatoms. The van der Waals surface area contributed by atoms with Gasteiger partial charge in [-0.2, -0.15) is 0 Å². The highest BCUT2D eigenvalue weighted by Gasteiger charge is 2.24. The van der Waals surface area contributed by atoms with Crippen LogP contribution in [0.1, 0.15) is 44.1 Å². The van der Waals surface area contributed by atoms with E-state index in [-0.39, 0.29) is 12.1 Å². The fourth-order valence-corrected chi connectivity index (χ4v) is 2.79. The summed E-state index contributed by atoms with van der Waals surface area (Å²) in [5.41, 5.74) is 7.44. The quantitative estimate of drug-likeness (QED) is 0.879. The first-order chi connectivity index (χ1) is 9.69. The van der Waals surface area contributed by atoms with Crippen LogP contribution in [0.5, 0.6) is 0 Å². The first-order valence-corrected chi connectivity index (χ1v) is 7.58. The summed E-state index contributed by atoms with van der Waals surface area (Å²) in [5, 5.41) is 0.762. The summed E-state index contributed by atoms with van der Waals surface area (Å²) < 4.78 is 2.18. The third-order valence-corrected chi connectivity index (χ3v) is 3.97. The Morgan fingerprint density at radius 3 is 2.70 bits per heavy atom. The molecule has 0 aliphatic heterocycles. The molecule has 0 bridgehead atoms. The minimum Gasteiger partial charge on any atom is -0.326 e. The van der Waals surface area contributed by atoms with E-state index in [1.807, 2.05) is 30.6 Å². The van der Waals surface area contributed by atoms with Gasteiger partial charge in [0.05, 0.1) is 6.04 Å². The number of rotatable bonds is 6. The normalized spacial score (nSPS) is 14.2. The molecule has 3 nitrogen and oxygen atoms in total. The number of imidazole rings is 1. The van der Waals surface area contributed by atoms with Crippen LogP contribution in [0.3, 0.4) is 0 Å². The Kier molecular flexibility index (Phi) is 5.21. The fourth-order valence-electron chi connectivity index (χ4n) is 2.54. The molecular weight excluding hydrogens is 270 g/mol. The third-order valence-electron chi connectivity index (χ3n) is 3.62. The molecule has 0 aliphatic rings. The molecule has 108 valence electrons. The molecule has 1 aromatic heterocycles. The number of aryl methyl sites for hydroxylation is 1. The maximum atomic E-state index is 6.38. The second kappa shape index (κ2) is 6.91. The van der Waals surface area contributed by atoms with Gasteiger partial charge in [0.25, 0.3) is 0 Å². The van der Waals surface area contributed by atoms with Gasteiger partial charge in [-0.15, -0.1) is 0 Å². The first-order valence-electron chi connectivity index (χ1n) is 7.20. The van der Waals surface area contributed by atoms with Crippen LogP contribution in [0.15, 0.2) is 36.7 Å². The Bertz CT molecular complexity index is 550. The smallest absolute Gasteiger partial charge is 0.109 e. The van der Waals surface area contributed by atoms with Crippen molar-refractivity contribution in [2.24, 2.45) is 5.73 Å². The zero-order valence-corrected chi connectivity index (χ0v) is 12.8. The lowest BCUT2D eigenvalue weighted by molar-refractivity contribution is 0.445. The van der Waals surface area contributed by atoms with Crippen molar-refractivity contribution in [2.45, 2.75) is 45.2 Å². The molecule has 0 radical (unpaired) electrons. The van der Waals surface area contributed by atoms with Gasteiger partial charge in [-0.25, -0.2) is 4.98 Å². The van der Waals surface area contributed by atoms with Gasteiger partial charge in [-0.05, 0) is 24.5 Å². The molecule has 0 spiro atoms. The largest absolute Gasteiger partial charge is 0.326 e. The van der Waals surface area contributed by atoms with Crippen LogP contribution in [0.2, 0.25) is 5.02 Å². The van der Waals surface area contributed by atoms with Crippen molar-refractivity contribution in [3.63, 3.8) is 0 Å². The lowest BCUT2D eigenvalue weighted by atomic mass is 9.97. The maximum absolute atomic E-state index is 6.38. The van der Waals surface area contributed by atoms with Gasteiger partial charge in [-0.1, -0.05) is 43.6 Å². The van der Waals surface area contributed by atoms with Crippen molar-refractivity contribution in [3.8, 4) is 0 Å². The highest BCUT2D eigenvalue weighted by molar-refractivity contribution is 6.31. The zero-order chi connectivity index (χ0) is 14.5. The summed E-state index contributed by atoms with van der Waals surface area (Å²) >= 11 is 6.38. The number of halogens is 1. The molecule has 0 amide bonds. The standard InChI is InChI=1S/C16H22ClN3/c1-3-7-15-19-10-11-20(15)16(14(18)4-2)12-8-5-6-9-13(12)17/h5-6,8-11,14,16H,3-4,7,18H2,1-2H3. The van der Waals surface area contributed by atoms with E-state index in [0.29, 0.717) is 0 Å².